The van der Waals surface area contributed by atoms with Gasteiger partial charge in [0.1, 0.15) is 11.6 Å². The van der Waals surface area contributed by atoms with Crippen molar-refractivity contribution >= 4 is 27.6 Å². The SMILES string of the molecule is COc1ccc(C(=O)NC(C(=O)N2CCN(C(C)=O)CC2)S(=O)(=O)c2ccc(F)cc2)cc1. The van der Waals surface area contributed by atoms with Crippen molar-refractivity contribution < 1.29 is 31.9 Å². The van der Waals surface area contributed by atoms with Crippen molar-refractivity contribution in [2.45, 2.75) is 17.2 Å². The predicted molar refractivity (Wildman–Crippen MR) is 117 cm³/mol. The number of hydrogen-bond donors (Lipinski definition) is 1. The molecular weight excluding hydrogens is 453 g/mol. The van der Waals surface area contributed by atoms with Crippen molar-refractivity contribution in [1.29, 1.82) is 0 Å². The summed E-state index contributed by atoms with van der Waals surface area (Å²) < 4.78 is 45.0. The first-order valence-electron chi connectivity index (χ1n) is 10.1. The zero-order valence-electron chi connectivity index (χ0n) is 18.2. The maximum absolute atomic E-state index is 13.3. The summed E-state index contributed by atoms with van der Waals surface area (Å²) in [5, 5.41) is 0.393. The van der Waals surface area contributed by atoms with E-state index in [1.54, 1.807) is 4.90 Å². The minimum Gasteiger partial charge on any atom is -0.497 e. The van der Waals surface area contributed by atoms with Gasteiger partial charge in [0.25, 0.3) is 11.8 Å². The Hall–Kier alpha value is -3.47. The monoisotopic (exact) mass is 477 g/mol. The van der Waals surface area contributed by atoms with Gasteiger partial charge < -0.3 is 19.9 Å². The van der Waals surface area contributed by atoms with E-state index >= 15 is 0 Å². The first kappa shape index (κ1) is 24.2. The molecule has 1 aliphatic heterocycles. The summed E-state index contributed by atoms with van der Waals surface area (Å²) in [7, 11) is -2.94. The summed E-state index contributed by atoms with van der Waals surface area (Å²) in [5.74, 6) is -1.89. The molecule has 3 amide bonds. The minimum absolute atomic E-state index is 0.117. The molecule has 2 aromatic carbocycles. The van der Waals surface area contributed by atoms with Crippen LogP contribution in [-0.4, -0.2) is 74.6 Å². The molecule has 0 radical (unpaired) electrons. The van der Waals surface area contributed by atoms with Crippen LogP contribution in [0.15, 0.2) is 53.4 Å². The molecule has 1 unspecified atom stereocenters. The molecule has 0 aromatic heterocycles. The average molecular weight is 478 g/mol. The largest absolute Gasteiger partial charge is 0.497 e. The van der Waals surface area contributed by atoms with Crippen molar-refractivity contribution in [2.24, 2.45) is 0 Å². The molecule has 1 fully saturated rings. The van der Waals surface area contributed by atoms with E-state index in [0.717, 1.165) is 24.3 Å². The number of methoxy groups -OCH3 is 1. The summed E-state index contributed by atoms with van der Waals surface area (Å²) in [6, 6.07) is 9.94. The van der Waals surface area contributed by atoms with Gasteiger partial charge in [-0.2, -0.15) is 0 Å². The van der Waals surface area contributed by atoms with Crippen LogP contribution in [0.4, 0.5) is 4.39 Å². The topological polar surface area (TPSA) is 113 Å². The summed E-state index contributed by atoms with van der Waals surface area (Å²) in [6.45, 7) is 2.14. The van der Waals surface area contributed by atoms with Gasteiger partial charge in [0.15, 0.2) is 0 Å². The molecular formula is C22H24FN3O6S. The van der Waals surface area contributed by atoms with Crippen LogP contribution in [0.1, 0.15) is 17.3 Å². The fourth-order valence-corrected chi connectivity index (χ4v) is 4.85. The standard InChI is InChI=1S/C22H24FN3O6S/c1-15(27)25-11-13-26(14-12-25)22(29)21(33(30,31)19-9-5-17(23)6-10-19)24-20(28)16-3-7-18(32-2)8-4-16/h3-10,21H,11-14H2,1-2H3,(H,24,28). The van der Waals surface area contributed by atoms with Crippen molar-refractivity contribution in [1.82, 2.24) is 15.1 Å². The second-order valence-electron chi connectivity index (χ2n) is 7.41. The number of piperazine rings is 1. The van der Waals surface area contributed by atoms with E-state index in [1.165, 1.54) is 43.2 Å². The average Bonchev–Trinajstić information content (AvgIpc) is 2.82. The van der Waals surface area contributed by atoms with Gasteiger partial charge in [-0.05, 0) is 48.5 Å². The van der Waals surface area contributed by atoms with Gasteiger partial charge in [0.05, 0.1) is 12.0 Å². The highest BCUT2D eigenvalue weighted by Crippen LogP contribution is 2.19. The predicted octanol–water partition coefficient (Wildman–Crippen LogP) is 1.05. The molecule has 176 valence electrons. The zero-order valence-corrected chi connectivity index (χ0v) is 19.0. The third-order valence-corrected chi connectivity index (χ3v) is 7.20. The van der Waals surface area contributed by atoms with Gasteiger partial charge in [0, 0.05) is 38.7 Å². The number of amides is 3. The Morgan fingerprint density at radius 2 is 1.48 bits per heavy atom. The van der Waals surface area contributed by atoms with E-state index in [0.29, 0.717) is 5.75 Å². The lowest BCUT2D eigenvalue weighted by Gasteiger charge is -2.36. The third kappa shape index (κ3) is 5.48. The van der Waals surface area contributed by atoms with Gasteiger partial charge in [-0.3, -0.25) is 14.4 Å². The number of carbonyl (C=O) groups is 3. The van der Waals surface area contributed by atoms with E-state index < -0.39 is 32.8 Å². The Labute approximate surface area is 191 Å². The highest BCUT2D eigenvalue weighted by Gasteiger charge is 2.39. The summed E-state index contributed by atoms with van der Waals surface area (Å²) >= 11 is 0. The number of ether oxygens (including phenoxy) is 1. The van der Waals surface area contributed by atoms with Crippen molar-refractivity contribution in [3.05, 3.63) is 59.9 Å². The number of halogens is 1. The van der Waals surface area contributed by atoms with Crippen LogP contribution in [0.3, 0.4) is 0 Å². The molecule has 2 aromatic rings. The number of rotatable bonds is 6. The fraction of sp³-hybridized carbons (Fsp3) is 0.318. The summed E-state index contributed by atoms with van der Waals surface area (Å²) in [4.78, 5) is 40.2. The first-order valence-corrected chi connectivity index (χ1v) is 11.7. The molecule has 0 aliphatic carbocycles. The smallest absolute Gasteiger partial charge is 0.261 e. The lowest BCUT2D eigenvalue weighted by atomic mass is 10.2. The minimum atomic E-state index is -4.41. The molecule has 11 heteroatoms. The third-order valence-electron chi connectivity index (χ3n) is 5.33. The highest BCUT2D eigenvalue weighted by atomic mass is 32.2. The van der Waals surface area contributed by atoms with E-state index in [4.69, 9.17) is 4.74 Å². The zero-order chi connectivity index (χ0) is 24.2. The maximum Gasteiger partial charge on any atom is 0.261 e. The fourth-order valence-electron chi connectivity index (χ4n) is 3.38. The number of nitrogens with zero attached hydrogens (tertiary/aromatic N) is 2. The van der Waals surface area contributed by atoms with E-state index in [2.05, 4.69) is 5.32 Å². The maximum atomic E-state index is 13.3. The van der Waals surface area contributed by atoms with E-state index in [-0.39, 0.29) is 42.5 Å². The number of sulfone groups is 1. The second-order valence-corrected chi connectivity index (χ2v) is 9.45. The molecule has 1 atom stereocenters. The normalized spacial score (nSPS) is 15.0. The van der Waals surface area contributed by atoms with Crippen molar-refractivity contribution in [3.63, 3.8) is 0 Å². The van der Waals surface area contributed by atoms with Crippen LogP contribution >= 0.6 is 0 Å². The lowest BCUT2D eigenvalue weighted by molar-refractivity contribution is -0.138. The quantitative estimate of drug-likeness (QED) is 0.623. The summed E-state index contributed by atoms with van der Waals surface area (Å²) in [5.41, 5.74) is 0.129. The molecule has 0 bridgehead atoms. The molecule has 0 saturated carbocycles. The molecule has 1 N–H and O–H groups in total. The van der Waals surface area contributed by atoms with Crippen LogP contribution in [0.25, 0.3) is 0 Å². The molecule has 33 heavy (non-hydrogen) atoms. The molecule has 9 nitrogen and oxygen atoms in total. The van der Waals surface area contributed by atoms with Crippen LogP contribution in [0.2, 0.25) is 0 Å². The van der Waals surface area contributed by atoms with Gasteiger partial charge in [-0.25, -0.2) is 12.8 Å². The lowest BCUT2D eigenvalue weighted by Crippen LogP contribution is -2.57. The Kier molecular flexibility index (Phi) is 7.32. The number of nitrogens with one attached hydrogen (secondary N) is 1. The van der Waals surface area contributed by atoms with Crippen LogP contribution < -0.4 is 10.1 Å². The molecule has 0 spiro atoms. The Bertz CT molecular complexity index is 1130. The summed E-state index contributed by atoms with van der Waals surface area (Å²) in [6.07, 6.45) is 0. The molecule has 3 rings (SSSR count). The van der Waals surface area contributed by atoms with E-state index in [1.807, 2.05) is 0 Å². The van der Waals surface area contributed by atoms with Crippen molar-refractivity contribution in [2.75, 3.05) is 33.3 Å². The molecule has 1 heterocycles. The van der Waals surface area contributed by atoms with E-state index in [9.17, 15) is 27.2 Å². The van der Waals surface area contributed by atoms with Gasteiger partial charge in [0.2, 0.25) is 21.1 Å². The van der Waals surface area contributed by atoms with Crippen LogP contribution in [-0.2, 0) is 19.4 Å². The molecule has 1 saturated heterocycles. The van der Waals surface area contributed by atoms with Crippen LogP contribution in [0, 0.1) is 5.82 Å². The molecule has 1 aliphatic rings. The van der Waals surface area contributed by atoms with Gasteiger partial charge in [-0.1, -0.05) is 0 Å². The first-order chi connectivity index (χ1) is 15.6. The Morgan fingerprint density at radius 1 is 0.939 bits per heavy atom. The Balaban J connectivity index is 1.90. The highest BCUT2D eigenvalue weighted by molar-refractivity contribution is 7.92. The van der Waals surface area contributed by atoms with Gasteiger partial charge >= 0.3 is 0 Å². The van der Waals surface area contributed by atoms with Crippen molar-refractivity contribution in [3.8, 4) is 5.75 Å². The number of carbonyl (C=O) groups excluding carboxylic acids is 3. The van der Waals surface area contributed by atoms with Crippen LogP contribution in [0.5, 0.6) is 5.75 Å². The number of benzene rings is 2. The Morgan fingerprint density at radius 3 is 2.00 bits per heavy atom. The second kappa shape index (κ2) is 9.99. The van der Waals surface area contributed by atoms with Gasteiger partial charge in [-0.15, -0.1) is 0 Å². The number of hydrogen-bond acceptors (Lipinski definition) is 6.